The number of imidazole rings is 1. The van der Waals surface area contributed by atoms with E-state index >= 15 is 0 Å². The number of aromatic nitrogens is 2. The third kappa shape index (κ3) is 3.65. The average molecular weight is 303 g/mol. The lowest BCUT2D eigenvalue weighted by atomic mass is 10.0. The summed E-state index contributed by atoms with van der Waals surface area (Å²) >= 11 is 0. The smallest absolute Gasteiger partial charge is 0.322 e. The first kappa shape index (κ1) is 16.0. The number of esters is 1. The van der Waals surface area contributed by atoms with Crippen LogP contribution in [0.15, 0.2) is 30.6 Å². The molecular weight excluding hydrogens is 282 g/mol. The highest BCUT2D eigenvalue weighted by molar-refractivity contribution is 5.75. The van der Waals surface area contributed by atoms with Crippen molar-refractivity contribution in [3.8, 4) is 5.75 Å². The van der Waals surface area contributed by atoms with E-state index in [1.807, 2.05) is 35.9 Å². The van der Waals surface area contributed by atoms with Crippen LogP contribution in [0.4, 0.5) is 0 Å². The second-order valence-electron chi connectivity index (χ2n) is 5.08. The highest BCUT2D eigenvalue weighted by Gasteiger charge is 2.15. The Morgan fingerprint density at radius 3 is 2.77 bits per heavy atom. The Morgan fingerprint density at radius 2 is 2.18 bits per heavy atom. The number of hydrogen-bond donors (Lipinski definition) is 1. The summed E-state index contributed by atoms with van der Waals surface area (Å²) < 4.78 is 12.1. The van der Waals surface area contributed by atoms with Crippen LogP contribution in [0.5, 0.6) is 5.75 Å². The molecule has 2 aromatic rings. The Balaban J connectivity index is 2.22. The maximum absolute atomic E-state index is 11.4. The molecule has 6 heteroatoms. The minimum Gasteiger partial charge on any atom is -0.496 e. The summed E-state index contributed by atoms with van der Waals surface area (Å²) in [6.07, 6.45) is 4.10. The summed E-state index contributed by atoms with van der Waals surface area (Å²) in [5.41, 5.74) is 7.80. The van der Waals surface area contributed by atoms with Crippen molar-refractivity contribution in [2.75, 3.05) is 14.2 Å². The molecule has 22 heavy (non-hydrogen) atoms. The Kier molecular flexibility index (Phi) is 5.16. The maximum Gasteiger partial charge on any atom is 0.322 e. The van der Waals surface area contributed by atoms with Gasteiger partial charge in [-0.3, -0.25) is 4.79 Å². The molecule has 1 heterocycles. The number of methoxy groups -OCH3 is 2. The zero-order valence-electron chi connectivity index (χ0n) is 13.1. The lowest BCUT2D eigenvalue weighted by molar-refractivity contribution is -0.142. The van der Waals surface area contributed by atoms with Crippen molar-refractivity contribution in [1.29, 1.82) is 0 Å². The van der Waals surface area contributed by atoms with E-state index in [0.29, 0.717) is 13.0 Å². The van der Waals surface area contributed by atoms with Crippen LogP contribution in [-0.2, 0) is 22.5 Å². The highest BCUT2D eigenvalue weighted by atomic mass is 16.5. The topological polar surface area (TPSA) is 79.4 Å². The van der Waals surface area contributed by atoms with E-state index < -0.39 is 12.0 Å². The standard InChI is InChI=1S/C16H21N3O3/c1-11-18-6-7-19(11)10-13-8-12(4-5-15(13)21-2)9-14(17)16(20)22-3/h4-8,14H,9-10,17H2,1-3H3. The van der Waals surface area contributed by atoms with Gasteiger partial charge in [0, 0.05) is 18.0 Å². The Bertz CT molecular complexity index is 652. The van der Waals surface area contributed by atoms with Gasteiger partial charge in [-0.1, -0.05) is 12.1 Å². The zero-order chi connectivity index (χ0) is 16.1. The number of ether oxygens (including phenoxy) is 2. The maximum atomic E-state index is 11.4. The summed E-state index contributed by atoms with van der Waals surface area (Å²) in [6.45, 7) is 2.60. The molecule has 1 aromatic heterocycles. The van der Waals surface area contributed by atoms with E-state index in [1.54, 1.807) is 13.3 Å². The normalized spacial score (nSPS) is 12.0. The van der Waals surface area contributed by atoms with Gasteiger partial charge < -0.3 is 19.8 Å². The fraction of sp³-hybridized carbons (Fsp3) is 0.375. The zero-order valence-corrected chi connectivity index (χ0v) is 13.1. The van der Waals surface area contributed by atoms with Crippen molar-refractivity contribution < 1.29 is 14.3 Å². The molecule has 0 radical (unpaired) electrons. The molecular formula is C16H21N3O3. The number of carbonyl (C=O) groups is 1. The van der Waals surface area contributed by atoms with Gasteiger partial charge in [0.1, 0.15) is 17.6 Å². The summed E-state index contributed by atoms with van der Waals surface area (Å²) in [5.74, 6) is 1.31. The molecule has 1 unspecified atom stereocenters. The summed E-state index contributed by atoms with van der Waals surface area (Å²) in [6, 6.07) is 5.13. The summed E-state index contributed by atoms with van der Waals surface area (Å²) in [5, 5.41) is 0. The van der Waals surface area contributed by atoms with Crippen LogP contribution in [-0.4, -0.2) is 35.8 Å². The molecule has 0 amide bonds. The first-order valence-electron chi connectivity index (χ1n) is 7.02. The van der Waals surface area contributed by atoms with Gasteiger partial charge in [-0.15, -0.1) is 0 Å². The van der Waals surface area contributed by atoms with Crippen molar-refractivity contribution in [2.45, 2.75) is 25.9 Å². The van der Waals surface area contributed by atoms with Gasteiger partial charge >= 0.3 is 5.97 Å². The van der Waals surface area contributed by atoms with Crippen molar-refractivity contribution in [2.24, 2.45) is 5.73 Å². The highest BCUT2D eigenvalue weighted by Crippen LogP contribution is 2.22. The molecule has 118 valence electrons. The Hall–Kier alpha value is -2.34. The van der Waals surface area contributed by atoms with Gasteiger partial charge in [0.05, 0.1) is 20.8 Å². The predicted molar refractivity (Wildman–Crippen MR) is 82.8 cm³/mol. The molecule has 1 atom stereocenters. The van der Waals surface area contributed by atoms with E-state index in [-0.39, 0.29) is 0 Å². The van der Waals surface area contributed by atoms with E-state index in [2.05, 4.69) is 9.72 Å². The molecule has 6 nitrogen and oxygen atoms in total. The van der Waals surface area contributed by atoms with Crippen LogP contribution in [0.2, 0.25) is 0 Å². The molecule has 1 aromatic carbocycles. The van der Waals surface area contributed by atoms with Crippen LogP contribution in [0.1, 0.15) is 17.0 Å². The molecule has 0 fully saturated rings. The molecule has 0 aliphatic rings. The molecule has 0 saturated heterocycles. The fourth-order valence-corrected chi connectivity index (χ4v) is 2.33. The van der Waals surface area contributed by atoms with Crippen LogP contribution in [0, 0.1) is 6.92 Å². The quantitative estimate of drug-likeness (QED) is 0.814. The monoisotopic (exact) mass is 303 g/mol. The third-order valence-corrected chi connectivity index (χ3v) is 3.57. The molecule has 0 aliphatic heterocycles. The number of benzene rings is 1. The molecule has 0 bridgehead atoms. The average Bonchev–Trinajstić information content (AvgIpc) is 2.92. The lowest BCUT2D eigenvalue weighted by Crippen LogP contribution is -2.33. The summed E-state index contributed by atoms with van der Waals surface area (Å²) in [4.78, 5) is 15.7. The largest absolute Gasteiger partial charge is 0.496 e. The number of rotatable bonds is 6. The van der Waals surface area contributed by atoms with Crippen LogP contribution >= 0.6 is 0 Å². The van der Waals surface area contributed by atoms with E-state index in [1.165, 1.54) is 7.11 Å². The van der Waals surface area contributed by atoms with Gasteiger partial charge in [0.2, 0.25) is 0 Å². The van der Waals surface area contributed by atoms with E-state index in [9.17, 15) is 4.79 Å². The summed E-state index contributed by atoms with van der Waals surface area (Å²) in [7, 11) is 2.98. The molecule has 2 N–H and O–H groups in total. The Labute approximate surface area is 129 Å². The molecule has 0 aliphatic carbocycles. The van der Waals surface area contributed by atoms with Gasteiger partial charge in [-0.05, 0) is 25.0 Å². The number of carbonyl (C=O) groups excluding carboxylic acids is 1. The van der Waals surface area contributed by atoms with Gasteiger partial charge in [0.15, 0.2) is 0 Å². The van der Waals surface area contributed by atoms with Crippen LogP contribution in [0.3, 0.4) is 0 Å². The van der Waals surface area contributed by atoms with E-state index in [0.717, 1.165) is 22.7 Å². The molecule has 0 saturated carbocycles. The van der Waals surface area contributed by atoms with Gasteiger partial charge in [-0.25, -0.2) is 4.98 Å². The van der Waals surface area contributed by atoms with Crippen molar-refractivity contribution in [3.63, 3.8) is 0 Å². The predicted octanol–water partition coefficient (Wildman–Crippen LogP) is 1.29. The first-order valence-corrected chi connectivity index (χ1v) is 7.02. The fourth-order valence-electron chi connectivity index (χ4n) is 2.33. The molecule has 0 spiro atoms. The van der Waals surface area contributed by atoms with Gasteiger partial charge in [0.25, 0.3) is 0 Å². The lowest BCUT2D eigenvalue weighted by Gasteiger charge is -2.14. The second-order valence-corrected chi connectivity index (χ2v) is 5.08. The molecule has 2 rings (SSSR count). The van der Waals surface area contributed by atoms with Crippen molar-refractivity contribution >= 4 is 5.97 Å². The third-order valence-electron chi connectivity index (χ3n) is 3.57. The van der Waals surface area contributed by atoms with E-state index in [4.69, 9.17) is 10.5 Å². The number of nitrogens with zero attached hydrogens (tertiary/aromatic N) is 2. The minimum atomic E-state index is -0.666. The van der Waals surface area contributed by atoms with Crippen LogP contribution in [0.25, 0.3) is 0 Å². The number of aryl methyl sites for hydroxylation is 1. The second kappa shape index (κ2) is 7.09. The number of hydrogen-bond acceptors (Lipinski definition) is 5. The van der Waals surface area contributed by atoms with Crippen LogP contribution < -0.4 is 10.5 Å². The first-order chi connectivity index (χ1) is 10.5. The SMILES string of the molecule is COC(=O)C(N)Cc1ccc(OC)c(Cn2ccnc2C)c1. The van der Waals surface area contributed by atoms with Crippen molar-refractivity contribution in [3.05, 3.63) is 47.5 Å². The minimum absolute atomic E-state index is 0.414. The van der Waals surface area contributed by atoms with Gasteiger partial charge in [-0.2, -0.15) is 0 Å². The Morgan fingerprint density at radius 1 is 1.41 bits per heavy atom. The van der Waals surface area contributed by atoms with Crippen molar-refractivity contribution in [1.82, 2.24) is 9.55 Å². The number of nitrogens with two attached hydrogens (primary N) is 1.